The first kappa shape index (κ1) is 28.6. The van der Waals surface area contributed by atoms with Gasteiger partial charge in [0, 0.05) is 47.9 Å². The number of hydrogen-bond donors (Lipinski definition) is 2. The van der Waals surface area contributed by atoms with Gasteiger partial charge in [0.05, 0.1) is 5.69 Å². The van der Waals surface area contributed by atoms with Crippen molar-refractivity contribution in [1.29, 1.82) is 0 Å². The number of benzene rings is 3. The van der Waals surface area contributed by atoms with Crippen molar-refractivity contribution in [1.82, 2.24) is 15.1 Å². The highest BCUT2D eigenvalue weighted by Gasteiger charge is 2.35. The minimum atomic E-state index is 0.0736. The van der Waals surface area contributed by atoms with Crippen molar-refractivity contribution in [2.75, 3.05) is 58.2 Å². The van der Waals surface area contributed by atoms with Gasteiger partial charge in [-0.1, -0.05) is 62.9 Å². The van der Waals surface area contributed by atoms with Crippen molar-refractivity contribution in [3.05, 3.63) is 95.7 Å². The van der Waals surface area contributed by atoms with Gasteiger partial charge in [0.1, 0.15) is 5.75 Å². The van der Waals surface area contributed by atoms with Gasteiger partial charge in [0.15, 0.2) is 5.75 Å². The lowest BCUT2D eigenvalue weighted by molar-refractivity contribution is 0.231. The molecule has 1 unspecified atom stereocenters. The molecule has 0 amide bonds. The summed E-state index contributed by atoms with van der Waals surface area (Å²) in [4.78, 5) is 4.93. The summed E-state index contributed by atoms with van der Waals surface area (Å²) in [7, 11) is 2.18. The van der Waals surface area contributed by atoms with E-state index in [9.17, 15) is 0 Å². The van der Waals surface area contributed by atoms with Crippen LogP contribution in [0.4, 0.5) is 5.69 Å². The predicted octanol–water partition coefficient (Wildman–Crippen LogP) is 7.76. The predicted molar refractivity (Wildman–Crippen MR) is 178 cm³/mol. The molecule has 1 fully saturated rings. The molecule has 0 spiro atoms. The molecule has 42 heavy (non-hydrogen) atoms. The molecule has 2 aliphatic heterocycles. The van der Waals surface area contributed by atoms with E-state index in [-0.39, 0.29) is 5.92 Å². The van der Waals surface area contributed by atoms with Crippen LogP contribution in [0.15, 0.2) is 79.0 Å². The molecule has 6 rings (SSSR count). The van der Waals surface area contributed by atoms with Crippen molar-refractivity contribution in [3.63, 3.8) is 0 Å². The molecule has 1 aliphatic carbocycles. The summed E-state index contributed by atoms with van der Waals surface area (Å²) in [5.74, 6) is 1.94. The summed E-state index contributed by atoms with van der Waals surface area (Å²) >= 11 is 0. The Kier molecular flexibility index (Phi) is 8.68. The van der Waals surface area contributed by atoms with Crippen molar-refractivity contribution in [2.45, 2.75) is 44.9 Å². The first-order valence-corrected chi connectivity index (χ1v) is 15.9. The van der Waals surface area contributed by atoms with Gasteiger partial charge in [-0.15, -0.1) is 0 Å². The van der Waals surface area contributed by atoms with Crippen LogP contribution in [0, 0.1) is 0 Å². The van der Waals surface area contributed by atoms with Crippen LogP contribution in [-0.2, 0) is 0 Å². The van der Waals surface area contributed by atoms with E-state index in [1.807, 2.05) is 0 Å². The molecule has 3 aliphatic rings. The SMILES string of the molecule is C=C(NCCN1CCCCC1)C1=CC2c3cc4ccccc4cc3Oc3c(NCCCCN(C)CC)ccc(c32)C1=C. The van der Waals surface area contributed by atoms with Gasteiger partial charge in [0.25, 0.3) is 0 Å². The number of ether oxygens (including phenoxy) is 1. The van der Waals surface area contributed by atoms with Crippen LogP contribution in [0.2, 0.25) is 0 Å². The maximum absolute atomic E-state index is 6.77. The Morgan fingerprint density at radius 3 is 2.60 bits per heavy atom. The highest BCUT2D eigenvalue weighted by molar-refractivity contribution is 5.92. The molecule has 0 bridgehead atoms. The third-order valence-corrected chi connectivity index (χ3v) is 9.28. The van der Waals surface area contributed by atoms with Gasteiger partial charge in [-0.3, -0.25) is 0 Å². The van der Waals surface area contributed by atoms with Crippen LogP contribution in [0.5, 0.6) is 11.5 Å². The second kappa shape index (κ2) is 12.8. The normalized spacial score (nSPS) is 17.8. The Morgan fingerprint density at radius 1 is 1.02 bits per heavy atom. The topological polar surface area (TPSA) is 39.8 Å². The maximum atomic E-state index is 6.77. The molecule has 3 aromatic carbocycles. The Balaban J connectivity index is 1.29. The Morgan fingerprint density at radius 2 is 1.81 bits per heavy atom. The monoisotopic (exact) mass is 562 g/mol. The summed E-state index contributed by atoms with van der Waals surface area (Å²) < 4.78 is 6.77. The molecular formula is C37H46N4O. The molecule has 1 saturated heterocycles. The minimum Gasteiger partial charge on any atom is -0.454 e. The maximum Gasteiger partial charge on any atom is 0.155 e. The fraction of sp³-hybridized carbons (Fsp3) is 0.405. The fourth-order valence-corrected chi connectivity index (χ4v) is 6.65. The van der Waals surface area contributed by atoms with E-state index in [1.165, 1.54) is 60.7 Å². The fourth-order valence-electron chi connectivity index (χ4n) is 6.65. The number of anilines is 1. The van der Waals surface area contributed by atoms with Crippen LogP contribution >= 0.6 is 0 Å². The number of likely N-dealkylation sites (tertiary alicyclic amines) is 1. The molecule has 1 atom stereocenters. The lowest BCUT2D eigenvalue weighted by atomic mass is 9.75. The van der Waals surface area contributed by atoms with Crippen molar-refractivity contribution in [2.24, 2.45) is 0 Å². The van der Waals surface area contributed by atoms with Gasteiger partial charge in [-0.25, -0.2) is 0 Å². The third kappa shape index (κ3) is 5.86. The number of nitrogens with one attached hydrogen (secondary N) is 2. The van der Waals surface area contributed by atoms with Gasteiger partial charge in [0.2, 0.25) is 0 Å². The van der Waals surface area contributed by atoms with Gasteiger partial charge >= 0.3 is 0 Å². The standard InChI is InChI=1S/C37H46N4O/c1-5-40(4)19-12-9-17-39-34-16-15-30-26(2)31(27(3)38-18-22-41-20-10-6-11-21-41)25-33-32-23-28-13-7-8-14-29(28)24-35(32)42-37(34)36(30)33/h7-8,13-16,23-25,33,38-39H,2-3,5-6,9-12,17-22H2,1,4H3. The van der Waals surface area contributed by atoms with E-state index in [4.69, 9.17) is 4.74 Å². The van der Waals surface area contributed by atoms with Crippen LogP contribution in [-0.4, -0.2) is 62.7 Å². The molecular weight excluding hydrogens is 516 g/mol. The number of nitrogens with zero attached hydrogens (tertiary/aromatic N) is 2. The van der Waals surface area contributed by atoms with Crippen LogP contribution in [0.25, 0.3) is 16.3 Å². The smallest absolute Gasteiger partial charge is 0.155 e. The Labute approximate surface area is 251 Å². The molecule has 5 heteroatoms. The van der Waals surface area contributed by atoms with Crippen LogP contribution in [0.3, 0.4) is 0 Å². The number of allylic oxidation sites excluding steroid dienone is 2. The highest BCUT2D eigenvalue weighted by Crippen LogP contribution is 2.55. The minimum absolute atomic E-state index is 0.0736. The summed E-state index contributed by atoms with van der Waals surface area (Å²) in [5, 5.41) is 9.77. The average Bonchev–Trinajstić information content (AvgIpc) is 3.02. The number of piperidine rings is 1. The number of unbranched alkanes of at least 4 members (excludes halogenated alkanes) is 1. The summed E-state index contributed by atoms with van der Waals surface area (Å²) in [6, 6.07) is 17.5. The Hall–Kier alpha value is -3.54. The molecule has 2 N–H and O–H groups in total. The zero-order chi connectivity index (χ0) is 29.1. The second-order valence-electron chi connectivity index (χ2n) is 12.1. The average molecular weight is 563 g/mol. The zero-order valence-corrected chi connectivity index (χ0v) is 25.5. The molecule has 2 heterocycles. The first-order chi connectivity index (χ1) is 20.5. The van der Waals surface area contributed by atoms with E-state index in [0.29, 0.717) is 0 Å². The van der Waals surface area contributed by atoms with Gasteiger partial charge < -0.3 is 25.2 Å². The lowest BCUT2D eigenvalue weighted by Gasteiger charge is -2.35. The number of fused-ring (bicyclic) bond motifs is 3. The van der Waals surface area contributed by atoms with Crippen molar-refractivity contribution < 1.29 is 4.74 Å². The van der Waals surface area contributed by atoms with Gasteiger partial charge in [-0.2, -0.15) is 0 Å². The largest absolute Gasteiger partial charge is 0.454 e. The molecule has 220 valence electrons. The number of rotatable bonds is 12. The highest BCUT2D eigenvalue weighted by atomic mass is 16.5. The quantitative estimate of drug-likeness (QED) is 0.221. The molecule has 0 aromatic heterocycles. The Bertz CT molecular complexity index is 1500. The van der Waals surface area contributed by atoms with Crippen molar-refractivity contribution in [3.8, 4) is 11.5 Å². The van der Waals surface area contributed by atoms with Crippen LogP contribution < -0.4 is 15.4 Å². The molecule has 0 saturated carbocycles. The van der Waals surface area contributed by atoms with Crippen molar-refractivity contribution >= 4 is 22.0 Å². The van der Waals surface area contributed by atoms with E-state index < -0.39 is 0 Å². The summed E-state index contributed by atoms with van der Waals surface area (Å²) in [6.07, 6.45) is 8.64. The zero-order valence-electron chi connectivity index (χ0n) is 25.5. The van der Waals surface area contributed by atoms with E-state index >= 15 is 0 Å². The second-order valence-corrected chi connectivity index (χ2v) is 12.1. The van der Waals surface area contributed by atoms with E-state index in [0.717, 1.165) is 78.7 Å². The summed E-state index contributed by atoms with van der Waals surface area (Å²) in [5.41, 5.74) is 7.71. The first-order valence-electron chi connectivity index (χ1n) is 15.9. The summed E-state index contributed by atoms with van der Waals surface area (Å²) in [6.45, 7) is 18.8. The van der Waals surface area contributed by atoms with Crippen LogP contribution in [0.1, 0.15) is 61.6 Å². The third-order valence-electron chi connectivity index (χ3n) is 9.28. The van der Waals surface area contributed by atoms with E-state index in [2.05, 4.69) is 102 Å². The number of hydrogen-bond acceptors (Lipinski definition) is 5. The lowest BCUT2D eigenvalue weighted by Crippen LogP contribution is -2.35. The van der Waals surface area contributed by atoms with E-state index in [1.54, 1.807) is 0 Å². The molecule has 0 radical (unpaired) electrons. The van der Waals surface area contributed by atoms with Gasteiger partial charge in [-0.05, 0) is 99.0 Å². The molecule has 5 nitrogen and oxygen atoms in total. The molecule has 3 aromatic rings.